The lowest BCUT2D eigenvalue weighted by molar-refractivity contribution is -0.385. The Morgan fingerprint density at radius 3 is 2.36 bits per heavy atom. The van der Waals surface area contributed by atoms with Gasteiger partial charge >= 0.3 is 6.18 Å². The fourth-order valence-corrected chi connectivity index (χ4v) is 2.24. The van der Waals surface area contributed by atoms with Gasteiger partial charge in [0.25, 0.3) is 5.69 Å². The first-order chi connectivity index (χ1) is 11.8. The van der Waals surface area contributed by atoms with Gasteiger partial charge in [-0.1, -0.05) is 18.2 Å². The summed E-state index contributed by atoms with van der Waals surface area (Å²) in [7, 11) is 0. The van der Waals surface area contributed by atoms with E-state index in [1.54, 1.807) is 18.2 Å². The van der Waals surface area contributed by atoms with Crippen molar-refractivity contribution in [2.45, 2.75) is 12.6 Å². The van der Waals surface area contributed by atoms with E-state index in [1.165, 1.54) is 18.2 Å². The Kier molecular flexibility index (Phi) is 4.22. The summed E-state index contributed by atoms with van der Waals surface area (Å²) in [4.78, 5) is 10.5. The summed E-state index contributed by atoms with van der Waals surface area (Å²) in [6, 6.07) is 10.4. The SMILES string of the molecule is O=[N+]([O-])c1ccccc1Cc1nnc(-c2ccc(C(F)(F)F)cc2)o1. The van der Waals surface area contributed by atoms with E-state index >= 15 is 0 Å². The van der Waals surface area contributed by atoms with Crippen LogP contribution in [0.15, 0.2) is 52.9 Å². The fraction of sp³-hybridized carbons (Fsp3) is 0.125. The van der Waals surface area contributed by atoms with Crippen LogP contribution in [0.2, 0.25) is 0 Å². The van der Waals surface area contributed by atoms with Gasteiger partial charge in [0.2, 0.25) is 11.8 Å². The molecule has 1 heterocycles. The average molecular weight is 349 g/mol. The first-order valence-electron chi connectivity index (χ1n) is 7.07. The summed E-state index contributed by atoms with van der Waals surface area (Å²) >= 11 is 0. The number of rotatable bonds is 4. The number of nitro groups is 1. The third-order valence-electron chi connectivity index (χ3n) is 3.46. The molecule has 0 radical (unpaired) electrons. The first kappa shape index (κ1) is 16.6. The monoisotopic (exact) mass is 349 g/mol. The van der Waals surface area contributed by atoms with Crippen molar-refractivity contribution in [1.82, 2.24) is 10.2 Å². The Morgan fingerprint density at radius 2 is 1.72 bits per heavy atom. The molecular weight excluding hydrogens is 339 g/mol. The van der Waals surface area contributed by atoms with Crippen molar-refractivity contribution in [1.29, 1.82) is 0 Å². The van der Waals surface area contributed by atoms with Gasteiger partial charge in [-0.15, -0.1) is 10.2 Å². The van der Waals surface area contributed by atoms with Gasteiger partial charge in [-0.25, -0.2) is 0 Å². The highest BCUT2D eigenvalue weighted by Gasteiger charge is 2.30. The van der Waals surface area contributed by atoms with E-state index in [-0.39, 0.29) is 23.9 Å². The number of hydrogen-bond donors (Lipinski definition) is 0. The average Bonchev–Trinajstić information content (AvgIpc) is 3.03. The van der Waals surface area contributed by atoms with Crippen molar-refractivity contribution in [3.05, 3.63) is 75.7 Å². The molecule has 9 heteroatoms. The Morgan fingerprint density at radius 1 is 1.04 bits per heavy atom. The molecule has 25 heavy (non-hydrogen) atoms. The molecule has 128 valence electrons. The minimum absolute atomic E-state index is 0.0438. The van der Waals surface area contributed by atoms with Crippen LogP contribution in [0.3, 0.4) is 0 Å². The molecule has 6 nitrogen and oxygen atoms in total. The summed E-state index contributed by atoms with van der Waals surface area (Å²) in [5.74, 6) is 0.173. The van der Waals surface area contributed by atoms with Crippen LogP contribution < -0.4 is 0 Å². The van der Waals surface area contributed by atoms with Gasteiger partial charge in [0.1, 0.15) is 0 Å². The van der Waals surface area contributed by atoms with Crippen molar-refractivity contribution in [3.8, 4) is 11.5 Å². The summed E-state index contributed by atoms with van der Waals surface area (Å²) in [5.41, 5.74) is -0.128. The predicted octanol–water partition coefficient (Wildman–Crippen LogP) is 4.25. The van der Waals surface area contributed by atoms with Gasteiger partial charge < -0.3 is 4.42 Å². The highest BCUT2D eigenvalue weighted by molar-refractivity contribution is 5.53. The highest BCUT2D eigenvalue weighted by atomic mass is 19.4. The zero-order valence-electron chi connectivity index (χ0n) is 12.5. The van der Waals surface area contributed by atoms with Crippen LogP contribution in [0.1, 0.15) is 17.0 Å². The fourth-order valence-electron chi connectivity index (χ4n) is 2.24. The quantitative estimate of drug-likeness (QED) is 0.519. The van der Waals surface area contributed by atoms with Gasteiger partial charge in [0.05, 0.1) is 16.9 Å². The maximum atomic E-state index is 12.6. The van der Waals surface area contributed by atoms with E-state index in [9.17, 15) is 23.3 Å². The number of hydrogen-bond acceptors (Lipinski definition) is 5. The second-order valence-corrected chi connectivity index (χ2v) is 5.14. The molecule has 3 aromatic rings. The molecule has 0 spiro atoms. The normalized spacial score (nSPS) is 11.5. The van der Waals surface area contributed by atoms with Crippen molar-refractivity contribution >= 4 is 5.69 Å². The van der Waals surface area contributed by atoms with Crippen LogP contribution in [0, 0.1) is 10.1 Å². The molecule has 1 aromatic heterocycles. The molecule has 0 N–H and O–H groups in total. The van der Waals surface area contributed by atoms with Crippen LogP contribution in [-0.2, 0) is 12.6 Å². The Hall–Kier alpha value is -3.23. The molecular formula is C16H10F3N3O3. The molecule has 0 amide bonds. The zero-order valence-corrected chi connectivity index (χ0v) is 12.5. The molecule has 0 atom stereocenters. The van der Waals surface area contributed by atoms with E-state index < -0.39 is 16.7 Å². The molecule has 3 rings (SSSR count). The van der Waals surface area contributed by atoms with Crippen molar-refractivity contribution in [2.24, 2.45) is 0 Å². The molecule has 2 aromatic carbocycles. The van der Waals surface area contributed by atoms with Crippen LogP contribution in [0.4, 0.5) is 18.9 Å². The summed E-state index contributed by atoms with van der Waals surface area (Å²) < 4.78 is 43.1. The van der Waals surface area contributed by atoms with Crippen molar-refractivity contribution in [2.75, 3.05) is 0 Å². The lowest BCUT2D eigenvalue weighted by Gasteiger charge is -2.05. The number of alkyl halides is 3. The Bertz CT molecular complexity index is 905. The number of halogens is 3. The number of aromatic nitrogens is 2. The molecule has 0 unspecified atom stereocenters. The zero-order chi connectivity index (χ0) is 18.0. The lowest BCUT2D eigenvalue weighted by Crippen LogP contribution is -2.03. The Balaban J connectivity index is 1.83. The molecule has 0 saturated heterocycles. The standard InChI is InChI=1S/C16H10F3N3O3/c17-16(18,19)12-7-5-10(6-8-12)15-21-20-14(25-15)9-11-3-1-2-4-13(11)22(23)24/h1-8H,9H2. The van der Waals surface area contributed by atoms with E-state index in [0.717, 1.165) is 12.1 Å². The Labute approximate surface area is 139 Å². The highest BCUT2D eigenvalue weighted by Crippen LogP contribution is 2.31. The molecule has 0 bridgehead atoms. The van der Waals surface area contributed by atoms with Crippen molar-refractivity contribution < 1.29 is 22.5 Å². The van der Waals surface area contributed by atoms with Gasteiger partial charge in [-0.2, -0.15) is 13.2 Å². The molecule has 0 fully saturated rings. The maximum Gasteiger partial charge on any atom is 0.416 e. The second-order valence-electron chi connectivity index (χ2n) is 5.14. The van der Waals surface area contributed by atoms with Gasteiger partial charge in [0, 0.05) is 17.2 Å². The van der Waals surface area contributed by atoms with E-state index in [1.807, 2.05) is 0 Å². The lowest BCUT2D eigenvalue weighted by atomic mass is 10.1. The number of benzene rings is 2. The van der Waals surface area contributed by atoms with Gasteiger partial charge in [-0.05, 0) is 24.3 Å². The van der Waals surface area contributed by atoms with E-state index in [0.29, 0.717) is 11.1 Å². The van der Waals surface area contributed by atoms with E-state index in [4.69, 9.17) is 4.42 Å². The first-order valence-corrected chi connectivity index (χ1v) is 7.07. The molecule has 0 aliphatic heterocycles. The third-order valence-corrected chi connectivity index (χ3v) is 3.46. The van der Waals surface area contributed by atoms with Gasteiger partial charge in [-0.3, -0.25) is 10.1 Å². The van der Waals surface area contributed by atoms with Crippen LogP contribution >= 0.6 is 0 Å². The number of nitrogens with zero attached hydrogens (tertiary/aromatic N) is 3. The second kappa shape index (κ2) is 6.34. The summed E-state index contributed by atoms with van der Waals surface area (Å²) in [5, 5.41) is 18.6. The van der Waals surface area contributed by atoms with E-state index in [2.05, 4.69) is 10.2 Å². The summed E-state index contributed by atoms with van der Waals surface area (Å²) in [6.07, 6.45) is -4.38. The van der Waals surface area contributed by atoms with Gasteiger partial charge in [0.15, 0.2) is 0 Å². The smallest absolute Gasteiger partial charge is 0.416 e. The predicted molar refractivity (Wildman–Crippen MR) is 80.6 cm³/mol. The molecule has 0 saturated carbocycles. The van der Waals surface area contributed by atoms with Crippen LogP contribution in [0.5, 0.6) is 0 Å². The summed E-state index contributed by atoms with van der Waals surface area (Å²) in [6.45, 7) is 0. The maximum absolute atomic E-state index is 12.6. The minimum atomic E-state index is -4.43. The van der Waals surface area contributed by atoms with Crippen LogP contribution in [-0.4, -0.2) is 15.1 Å². The van der Waals surface area contributed by atoms with Crippen LogP contribution in [0.25, 0.3) is 11.5 Å². The topological polar surface area (TPSA) is 82.1 Å². The largest absolute Gasteiger partial charge is 0.420 e. The third kappa shape index (κ3) is 3.65. The number of para-hydroxylation sites is 1. The number of nitro benzene ring substituents is 1. The molecule has 0 aliphatic rings. The molecule has 0 aliphatic carbocycles. The van der Waals surface area contributed by atoms with Crippen molar-refractivity contribution in [3.63, 3.8) is 0 Å². The minimum Gasteiger partial charge on any atom is -0.420 e.